The molecule has 0 aliphatic rings. The molecule has 0 bridgehead atoms. The Morgan fingerprint density at radius 3 is 2.57 bits per heavy atom. The summed E-state index contributed by atoms with van der Waals surface area (Å²) in [6, 6.07) is 8.44. The van der Waals surface area contributed by atoms with E-state index in [0.717, 1.165) is 5.56 Å². The van der Waals surface area contributed by atoms with Crippen LogP contribution in [0, 0.1) is 0 Å². The number of ether oxygens (including phenoxy) is 1. The number of carbonyl (C=O) groups is 2. The Labute approximate surface area is 138 Å². The van der Waals surface area contributed by atoms with Crippen LogP contribution in [0.25, 0.3) is 0 Å². The summed E-state index contributed by atoms with van der Waals surface area (Å²) in [5.74, 6) is -0.778. The first kappa shape index (κ1) is 16.8. The fourth-order valence-corrected chi connectivity index (χ4v) is 2.14. The van der Waals surface area contributed by atoms with Gasteiger partial charge >= 0.3 is 5.97 Å². The smallest absolute Gasteiger partial charge is 0.341 e. The molecule has 2 rings (SSSR count). The average molecular weight is 335 g/mol. The van der Waals surface area contributed by atoms with Crippen molar-refractivity contribution in [1.82, 2.24) is 9.88 Å². The third kappa shape index (κ3) is 4.69. The van der Waals surface area contributed by atoms with Crippen molar-refractivity contribution in [2.24, 2.45) is 0 Å². The Bertz CT molecular complexity index is 703. The third-order valence-corrected chi connectivity index (χ3v) is 3.36. The van der Waals surface area contributed by atoms with E-state index in [2.05, 4.69) is 4.98 Å². The largest absolute Gasteiger partial charge is 0.482 e. The molecular formula is C16H15ClN2O4. The number of carbonyl (C=O) groups excluding carboxylic acids is 1. The van der Waals surface area contributed by atoms with Crippen LogP contribution in [0.3, 0.4) is 0 Å². The van der Waals surface area contributed by atoms with E-state index >= 15 is 0 Å². The van der Waals surface area contributed by atoms with Gasteiger partial charge in [0, 0.05) is 26.0 Å². The lowest BCUT2D eigenvalue weighted by atomic mass is 10.2. The molecular weight excluding hydrogens is 320 g/mol. The fraction of sp³-hybridized carbons (Fsp3) is 0.188. The van der Waals surface area contributed by atoms with Crippen LogP contribution in [0.15, 0.2) is 42.7 Å². The molecule has 0 atom stereocenters. The van der Waals surface area contributed by atoms with Crippen LogP contribution in [-0.4, -0.2) is 40.5 Å². The molecule has 0 unspecified atom stereocenters. The van der Waals surface area contributed by atoms with Crippen LogP contribution < -0.4 is 4.74 Å². The van der Waals surface area contributed by atoms with Crippen molar-refractivity contribution >= 4 is 23.5 Å². The molecule has 120 valence electrons. The number of hydrogen-bond donors (Lipinski definition) is 1. The van der Waals surface area contributed by atoms with Crippen LogP contribution in [0.4, 0.5) is 0 Å². The summed E-state index contributed by atoms with van der Waals surface area (Å²) < 4.78 is 5.06. The number of pyridine rings is 1. The second kappa shape index (κ2) is 7.60. The van der Waals surface area contributed by atoms with Gasteiger partial charge in [-0.25, -0.2) is 4.79 Å². The van der Waals surface area contributed by atoms with Gasteiger partial charge in [0.25, 0.3) is 5.91 Å². The quantitative estimate of drug-likeness (QED) is 0.877. The topological polar surface area (TPSA) is 79.7 Å². The number of aliphatic carboxylic acids is 1. The summed E-state index contributed by atoms with van der Waals surface area (Å²) in [5.41, 5.74) is 1.28. The van der Waals surface area contributed by atoms with Gasteiger partial charge in [0.15, 0.2) is 6.61 Å². The monoisotopic (exact) mass is 334 g/mol. The van der Waals surface area contributed by atoms with Crippen molar-refractivity contribution in [2.45, 2.75) is 6.54 Å². The summed E-state index contributed by atoms with van der Waals surface area (Å²) in [7, 11) is 1.67. The summed E-state index contributed by atoms with van der Waals surface area (Å²) in [5, 5.41) is 8.86. The van der Waals surface area contributed by atoms with E-state index in [-0.39, 0.29) is 5.91 Å². The van der Waals surface area contributed by atoms with Gasteiger partial charge < -0.3 is 14.7 Å². The van der Waals surface area contributed by atoms with Gasteiger partial charge in [-0.3, -0.25) is 9.78 Å². The lowest BCUT2D eigenvalue weighted by Crippen LogP contribution is -2.26. The number of carboxylic acid groups (broad SMARTS) is 1. The van der Waals surface area contributed by atoms with E-state index in [1.54, 1.807) is 37.4 Å². The number of hydrogen-bond acceptors (Lipinski definition) is 4. The van der Waals surface area contributed by atoms with Crippen LogP contribution in [0.1, 0.15) is 15.9 Å². The van der Waals surface area contributed by atoms with Crippen molar-refractivity contribution in [1.29, 1.82) is 0 Å². The molecule has 0 aliphatic heterocycles. The van der Waals surface area contributed by atoms with Crippen LogP contribution in [-0.2, 0) is 11.3 Å². The molecule has 0 aliphatic carbocycles. The summed E-state index contributed by atoms with van der Waals surface area (Å²) >= 11 is 5.97. The van der Waals surface area contributed by atoms with Crippen molar-refractivity contribution in [3.8, 4) is 5.75 Å². The van der Waals surface area contributed by atoms with Crippen molar-refractivity contribution in [3.63, 3.8) is 0 Å². The van der Waals surface area contributed by atoms with E-state index in [0.29, 0.717) is 22.9 Å². The Kier molecular flexibility index (Phi) is 5.54. The maximum Gasteiger partial charge on any atom is 0.341 e. The lowest BCUT2D eigenvalue weighted by molar-refractivity contribution is -0.139. The number of amides is 1. The molecule has 1 heterocycles. The Morgan fingerprint density at radius 2 is 1.96 bits per heavy atom. The first-order chi connectivity index (χ1) is 11.0. The SMILES string of the molecule is CN(Cc1ccc(OCC(=O)O)cc1)C(=O)c1ccncc1Cl. The molecule has 7 heteroatoms. The predicted octanol–water partition coefficient (Wildman–Crippen LogP) is 2.47. The first-order valence-electron chi connectivity index (χ1n) is 6.76. The highest BCUT2D eigenvalue weighted by molar-refractivity contribution is 6.33. The molecule has 0 saturated carbocycles. The molecule has 0 radical (unpaired) electrons. The first-order valence-corrected chi connectivity index (χ1v) is 7.13. The summed E-state index contributed by atoms with van der Waals surface area (Å²) in [4.78, 5) is 28.2. The van der Waals surface area contributed by atoms with Gasteiger partial charge in [-0.2, -0.15) is 0 Å². The van der Waals surface area contributed by atoms with Crippen molar-refractivity contribution < 1.29 is 19.4 Å². The maximum absolute atomic E-state index is 12.3. The number of rotatable bonds is 6. The second-order valence-electron chi connectivity index (χ2n) is 4.84. The average Bonchev–Trinajstić information content (AvgIpc) is 2.54. The zero-order valence-corrected chi connectivity index (χ0v) is 13.2. The fourth-order valence-electron chi connectivity index (χ4n) is 1.94. The Hall–Kier alpha value is -2.60. The van der Waals surface area contributed by atoms with Gasteiger partial charge in [0.1, 0.15) is 5.75 Å². The number of aromatic nitrogens is 1. The maximum atomic E-state index is 12.3. The van der Waals surface area contributed by atoms with E-state index in [1.807, 2.05) is 0 Å². The molecule has 0 saturated heterocycles. The molecule has 1 amide bonds. The van der Waals surface area contributed by atoms with Crippen LogP contribution >= 0.6 is 11.6 Å². The lowest BCUT2D eigenvalue weighted by Gasteiger charge is -2.18. The molecule has 1 aromatic carbocycles. The minimum absolute atomic E-state index is 0.205. The molecule has 0 fully saturated rings. The molecule has 2 aromatic rings. The van der Waals surface area contributed by atoms with E-state index in [9.17, 15) is 9.59 Å². The second-order valence-corrected chi connectivity index (χ2v) is 5.25. The van der Waals surface area contributed by atoms with E-state index in [1.165, 1.54) is 17.3 Å². The zero-order chi connectivity index (χ0) is 16.8. The van der Waals surface area contributed by atoms with Gasteiger partial charge in [-0.05, 0) is 23.8 Å². The predicted molar refractivity (Wildman–Crippen MR) is 84.6 cm³/mol. The van der Waals surface area contributed by atoms with Gasteiger partial charge in [0.05, 0.1) is 10.6 Å². The number of halogens is 1. The number of nitrogens with zero attached hydrogens (tertiary/aromatic N) is 2. The van der Waals surface area contributed by atoms with Crippen LogP contribution in [0.5, 0.6) is 5.75 Å². The molecule has 6 nitrogen and oxygen atoms in total. The van der Waals surface area contributed by atoms with Crippen molar-refractivity contribution in [3.05, 3.63) is 58.9 Å². The molecule has 1 N–H and O–H groups in total. The van der Waals surface area contributed by atoms with Crippen molar-refractivity contribution in [2.75, 3.05) is 13.7 Å². The third-order valence-electron chi connectivity index (χ3n) is 3.05. The number of benzene rings is 1. The highest BCUT2D eigenvalue weighted by Crippen LogP contribution is 2.18. The van der Waals surface area contributed by atoms with Crippen LogP contribution in [0.2, 0.25) is 5.02 Å². The highest BCUT2D eigenvalue weighted by atomic mass is 35.5. The zero-order valence-electron chi connectivity index (χ0n) is 12.4. The molecule has 23 heavy (non-hydrogen) atoms. The molecule has 0 spiro atoms. The van der Waals surface area contributed by atoms with Gasteiger partial charge in [0.2, 0.25) is 0 Å². The highest BCUT2D eigenvalue weighted by Gasteiger charge is 2.15. The van der Waals surface area contributed by atoms with E-state index in [4.69, 9.17) is 21.4 Å². The van der Waals surface area contributed by atoms with E-state index < -0.39 is 12.6 Å². The molecule has 1 aromatic heterocycles. The summed E-state index contributed by atoms with van der Waals surface area (Å²) in [6.45, 7) is -0.00499. The minimum atomic E-state index is -1.03. The normalized spacial score (nSPS) is 10.2. The van der Waals surface area contributed by atoms with Gasteiger partial charge in [-0.1, -0.05) is 23.7 Å². The minimum Gasteiger partial charge on any atom is -0.482 e. The summed E-state index contributed by atoms with van der Waals surface area (Å²) in [6.07, 6.45) is 2.94. The van der Waals surface area contributed by atoms with Gasteiger partial charge in [-0.15, -0.1) is 0 Å². The Morgan fingerprint density at radius 1 is 1.26 bits per heavy atom. The number of carboxylic acids is 1. The Balaban J connectivity index is 2.00. The standard InChI is InChI=1S/C16H15ClN2O4/c1-19(16(22)13-6-7-18-8-14(13)17)9-11-2-4-12(5-3-11)23-10-15(20)21/h2-8H,9-10H2,1H3,(H,20,21).